The molecule has 0 saturated carbocycles. The molecule has 0 fully saturated rings. The van der Waals surface area contributed by atoms with Gasteiger partial charge in [0.1, 0.15) is 6.10 Å². The first kappa shape index (κ1) is 16.4. The Bertz CT molecular complexity index is 1010. The fourth-order valence-corrected chi connectivity index (χ4v) is 3.20. The zero-order valence-corrected chi connectivity index (χ0v) is 14.7. The largest absolute Gasteiger partial charge is 0.369 e. The summed E-state index contributed by atoms with van der Waals surface area (Å²) in [5.41, 5.74) is 6.40. The van der Waals surface area contributed by atoms with Gasteiger partial charge in [-0.25, -0.2) is 0 Å². The Balaban J connectivity index is 1.75. The molecule has 4 rings (SSSR count). The predicted octanol–water partition coefficient (Wildman–Crippen LogP) is 5.42. The smallest absolute Gasteiger partial charge is 0.108 e. The molecule has 0 N–H and O–H groups in total. The maximum atomic E-state index is 6.05. The molecule has 0 aliphatic rings. The van der Waals surface area contributed by atoms with E-state index in [0.29, 0.717) is 6.61 Å². The standard InChI is InChI=1S/C23H20N2O/c1-2-26-23(17-7-4-3-5-8-17)20-10-6-9-18(15-20)19-11-12-21-22(16-19)25-14-13-24-21/h3-16,23H,2H2,1H3. The van der Waals surface area contributed by atoms with E-state index in [2.05, 4.69) is 58.5 Å². The molecular formula is C23H20N2O. The number of ether oxygens (including phenoxy) is 1. The second kappa shape index (κ2) is 7.46. The van der Waals surface area contributed by atoms with Gasteiger partial charge in [0.15, 0.2) is 0 Å². The highest BCUT2D eigenvalue weighted by atomic mass is 16.5. The lowest BCUT2D eigenvalue weighted by atomic mass is 9.96. The van der Waals surface area contributed by atoms with E-state index in [1.807, 2.05) is 31.2 Å². The van der Waals surface area contributed by atoms with Gasteiger partial charge in [0.05, 0.1) is 11.0 Å². The Morgan fingerprint density at radius 2 is 1.46 bits per heavy atom. The minimum Gasteiger partial charge on any atom is -0.369 e. The van der Waals surface area contributed by atoms with Gasteiger partial charge >= 0.3 is 0 Å². The lowest BCUT2D eigenvalue weighted by molar-refractivity contribution is 0.0914. The molecule has 1 unspecified atom stereocenters. The number of nitrogens with zero attached hydrogens (tertiary/aromatic N) is 2. The Morgan fingerprint density at radius 1 is 0.731 bits per heavy atom. The molecule has 0 aliphatic carbocycles. The van der Waals surface area contributed by atoms with Crippen LogP contribution in [0.2, 0.25) is 0 Å². The van der Waals surface area contributed by atoms with Crippen molar-refractivity contribution >= 4 is 11.0 Å². The van der Waals surface area contributed by atoms with Crippen LogP contribution in [0.5, 0.6) is 0 Å². The van der Waals surface area contributed by atoms with Gasteiger partial charge in [0, 0.05) is 19.0 Å². The van der Waals surface area contributed by atoms with E-state index in [4.69, 9.17) is 4.74 Å². The summed E-state index contributed by atoms with van der Waals surface area (Å²) in [5, 5.41) is 0. The molecule has 3 heteroatoms. The highest BCUT2D eigenvalue weighted by Crippen LogP contribution is 2.30. The third-order valence-electron chi connectivity index (χ3n) is 4.43. The van der Waals surface area contributed by atoms with Crippen LogP contribution in [0, 0.1) is 0 Å². The highest BCUT2D eigenvalue weighted by Gasteiger charge is 2.14. The van der Waals surface area contributed by atoms with Crippen molar-refractivity contribution in [1.82, 2.24) is 9.97 Å². The summed E-state index contributed by atoms with van der Waals surface area (Å²) in [7, 11) is 0. The Hall–Kier alpha value is -3.04. The maximum Gasteiger partial charge on any atom is 0.108 e. The quantitative estimate of drug-likeness (QED) is 0.486. The Morgan fingerprint density at radius 3 is 2.27 bits per heavy atom. The zero-order chi connectivity index (χ0) is 17.8. The van der Waals surface area contributed by atoms with Crippen LogP contribution >= 0.6 is 0 Å². The minimum absolute atomic E-state index is 0.0681. The van der Waals surface area contributed by atoms with Crippen LogP contribution < -0.4 is 0 Å². The van der Waals surface area contributed by atoms with Crippen LogP contribution in [0.25, 0.3) is 22.2 Å². The Kier molecular flexibility index (Phi) is 4.71. The number of hydrogen-bond donors (Lipinski definition) is 0. The summed E-state index contributed by atoms with van der Waals surface area (Å²) in [5.74, 6) is 0. The summed E-state index contributed by atoms with van der Waals surface area (Å²) in [6, 6.07) is 25.1. The minimum atomic E-state index is -0.0681. The van der Waals surface area contributed by atoms with Crippen LogP contribution in [0.15, 0.2) is 85.2 Å². The molecule has 0 saturated heterocycles. The van der Waals surface area contributed by atoms with Crippen LogP contribution in [-0.4, -0.2) is 16.6 Å². The molecule has 1 aromatic heterocycles. The molecule has 3 nitrogen and oxygen atoms in total. The normalized spacial score (nSPS) is 12.2. The van der Waals surface area contributed by atoms with E-state index in [0.717, 1.165) is 33.3 Å². The summed E-state index contributed by atoms with van der Waals surface area (Å²) in [4.78, 5) is 8.76. The molecule has 0 aliphatic heterocycles. The van der Waals surface area contributed by atoms with E-state index in [1.165, 1.54) is 0 Å². The molecular weight excluding hydrogens is 320 g/mol. The van der Waals surface area contributed by atoms with E-state index in [1.54, 1.807) is 12.4 Å². The summed E-state index contributed by atoms with van der Waals surface area (Å²) in [6.07, 6.45) is 3.37. The lowest BCUT2D eigenvalue weighted by Crippen LogP contribution is -2.06. The van der Waals surface area contributed by atoms with E-state index < -0.39 is 0 Å². The van der Waals surface area contributed by atoms with Gasteiger partial charge in [0.2, 0.25) is 0 Å². The van der Waals surface area contributed by atoms with E-state index in [9.17, 15) is 0 Å². The second-order valence-corrected chi connectivity index (χ2v) is 6.13. The first-order chi connectivity index (χ1) is 12.8. The number of aromatic nitrogens is 2. The molecule has 0 spiro atoms. The topological polar surface area (TPSA) is 35.0 Å². The zero-order valence-electron chi connectivity index (χ0n) is 14.7. The van der Waals surface area contributed by atoms with Crippen molar-refractivity contribution < 1.29 is 4.74 Å². The number of benzene rings is 3. The van der Waals surface area contributed by atoms with Crippen LogP contribution in [0.3, 0.4) is 0 Å². The summed E-state index contributed by atoms with van der Waals surface area (Å²) in [6.45, 7) is 2.69. The lowest BCUT2D eigenvalue weighted by Gasteiger charge is -2.19. The fraction of sp³-hybridized carbons (Fsp3) is 0.130. The highest BCUT2D eigenvalue weighted by molar-refractivity contribution is 5.81. The van der Waals surface area contributed by atoms with Crippen molar-refractivity contribution in [3.05, 3.63) is 96.3 Å². The first-order valence-electron chi connectivity index (χ1n) is 8.83. The van der Waals surface area contributed by atoms with Gasteiger partial charge in [-0.3, -0.25) is 9.97 Å². The predicted molar refractivity (Wildman–Crippen MR) is 105 cm³/mol. The summed E-state index contributed by atoms with van der Waals surface area (Å²) < 4.78 is 6.05. The average molecular weight is 340 g/mol. The van der Waals surface area contributed by atoms with Gasteiger partial charge in [-0.15, -0.1) is 0 Å². The molecule has 0 amide bonds. The molecule has 0 radical (unpaired) electrons. The van der Waals surface area contributed by atoms with Crippen molar-refractivity contribution in [1.29, 1.82) is 0 Å². The number of fused-ring (bicyclic) bond motifs is 1. The van der Waals surface area contributed by atoms with Gasteiger partial charge in [-0.2, -0.15) is 0 Å². The van der Waals surface area contributed by atoms with Crippen molar-refractivity contribution in [2.24, 2.45) is 0 Å². The molecule has 1 heterocycles. The maximum absolute atomic E-state index is 6.05. The Labute approximate surface area is 153 Å². The molecule has 3 aromatic carbocycles. The van der Waals surface area contributed by atoms with Crippen molar-refractivity contribution in [2.45, 2.75) is 13.0 Å². The first-order valence-corrected chi connectivity index (χ1v) is 8.83. The van der Waals surface area contributed by atoms with Gasteiger partial charge in [0.25, 0.3) is 0 Å². The van der Waals surface area contributed by atoms with Crippen molar-refractivity contribution in [3.63, 3.8) is 0 Å². The van der Waals surface area contributed by atoms with Crippen LogP contribution in [0.4, 0.5) is 0 Å². The molecule has 1 atom stereocenters. The molecule has 26 heavy (non-hydrogen) atoms. The number of hydrogen-bond acceptors (Lipinski definition) is 3. The third kappa shape index (κ3) is 3.35. The fourth-order valence-electron chi connectivity index (χ4n) is 3.20. The van der Waals surface area contributed by atoms with Crippen molar-refractivity contribution in [3.8, 4) is 11.1 Å². The summed E-state index contributed by atoms with van der Waals surface area (Å²) >= 11 is 0. The average Bonchev–Trinajstić information content (AvgIpc) is 2.72. The van der Waals surface area contributed by atoms with Gasteiger partial charge < -0.3 is 4.74 Å². The third-order valence-corrected chi connectivity index (χ3v) is 4.43. The van der Waals surface area contributed by atoms with Crippen LogP contribution in [0.1, 0.15) is 24.2 Å². The number of rotatable bonds is 5. The molecule has 0 bridgehead atoms. The van der Waals surface area contributed by atoms with E-state index >= 15 is 0 Å². The monoisotopic (exact) mass is 340 g/mol. The van der Waals surface area contributed by atoms with Crippen LogP contribution in [-0.2, 0) is 4.74 Å². The van der Waals surface area contributed by atoms with Crippen molar-refractivity contribution in [2.75, 3.05) is 6.61 Å². The van der Waals surface area contributed by atoms with E-state index in [-0.39, 0.29) is 6.10 Å². The SMILES string of the molecule is CCOC(c1ccccc1)c1cccc(-c2ccc3nccnc3c2)c1. The molecule has 128 valence electrons. The van der Waals surface area contributed by atoms with Gasteiger partial charge in [-0.05, 0) is 47.4 Å². The molecule has 4 aromatic rings. The van der Waals surface area contributed by atoms with Gasteiger partial charge in [-0.1, -0.05) is 54.6 Å². The second-order valence-electron chi connectivity index (χ2n) is 6.13.